The third-order valence-electron chi connectivity index (χ3n) is 3.65. The zero-order valence-electron chi connectivity index (χ0n) is 13.3. The predicted octanol–water partition coefficient (Wildman–Crippen LogP) is 2.77. The number of hydrogen-bond donors (Lipinski definition) is 3. The standard InChI is InChI=1S/C16H33NO3/c1-3-4-5-6-7-8-9-10-11-12-15(20)17-16(2,13-18)14-19/h18-19H,3-14H2,1-2H3,(H,17,20). The lowest BCUT2D eigenvalue weighted by atomic mass is 10.0. The van der Waals surface area contributed by atoms with E-state index in [1.807, 2.05) is 0 Å². The second kappa shape index (κ2) is 12.2. The van der Waals surface area contributed by atoms with Crippen LogP contribution in [-0.4, -0.2) is 34.9 Å². The fourth-order valence-electron chi connectivity index (χ4n) is 2.12. The normalized spacial score (nSPS) is 11.6. The first-order chi connectivity index (χ1) is 9.58. The van der Waals surface area contributed by atoms with Gasteiger partial charge in [-0.05, 0) is 13.3 Å². The quantitative estimate of drug-likeness (QED) is 0.456. The van der Waals surface area contributed by atoms with Crippen LogP contribution in [0.1, 0.15) is 78.1 Å². The third kappa shape index (κ3) is 10.2. The van der Waals surface area contributed by atoms with Gasteiger partial charge in [0.2, 0.25) is 5.91 Å². The van der Waals surface area contributed by atoms with Crippen LogP contribution in [-0.2, 0) is 4.79 Å². The minimum absolute atomic E-state index is 0.0847. The Hall–Kier alpha value is -0.610. The summed E-state index contributed by atoms with van der Waals surface area (Å²) in [6, 6.07) is 0. The van der Waals surface area contributed by atoms with E-state index < -0.39 is 5.54 Å². The minimum Gasteiger partial charge on any atom is -0.394 e. The van der Waals surface area contributed by atoms with E-state index in [0.29, 0.717) is 6.42 Å². The van der Waals surface area contributed by atoms with E-state index in [1.54, 1.807) is 6.92 Å². The number of nitrogens with one attached hydrogen (secondary N) is 1. The smallest absolute Gasteiger partial charge is 0.220 e. The van der Waals surface area contributed by atoms with E-state index in [9.17, 15) is 4.79 Å². The first-order valence-corrected chi connectivity index (χ1v) is 8.10. The SMILES string of the molecule is CCCCCCCCCCCC(=O)NC(C)(CO)CO. The van der Waals surface area contributed by atoms with Gasteiger partial charge in [-0.3, -0.25) is 4.79 Å². The van der Waals surface area contributed by atoms with Gasteiger partial charge in [0.1, 0.15) is 0 Å². The highest BCUT2D eigenvalue weighted by Crippen LogP contribution is 2.11. The van der Waals surface area contributed by atoms with Gasteiger partial charge in [0, 0.05) is 6.42 Å². The van der Waals surface area contributed by atoms with Gasteiger partial charge in [0.15, 0.2) is 0 Å². The zero-order chi connectivity index (χ0) is 15.3. The number of amides is 1. The Bertz CT molecular complexity index is 240. The molecule has 4 nitrogen and oxygen atoms in total. The average Bonchev–Trinajstić information content (AvgIpc) is 2.45. The summed E-state index contributed by atoms with van der Waals surface area (Å²) < 4.78 is 0. The van der Waals surface area contributed by atoms with Crippen molar-refractivity contribution in [3.8, 4) is 0 Å². The van der Waals surface area contributed by atoms with Crippen molar-refractivity contribution >= 4 is 5.91 Å². The van der Waals surface area contributed by atoms with Crippen LogP contribution in [0, 0.1) is 0 Å². The summed E-state index contributed by atoms with van der Waals surface area (Å²) in [7, 11) is 0. The second-order valence-corrected chi connectivity index (χ2v) is 6.00. The van der Waals surface area contributed by atoms with Gasteiger partial charge in [-0.2, -0.15) is 0 Å². The van der Waals surface area contributed by atoms with Crippen molar-refractivity contribution < 1.29 is 15.0 Å². The molecule has 0 aliphatic heterocycles. The Labute approximate surface area is 124 Å². The molecule has 0 spiro atoms. The van der Waals surface area contributed by atoms with Gasteiger partial charge in [-0.15, -0.1) is 0 Å². The molecule has 0 radical (unpaired) electrons. The molecule has 4 heteroatoms. The van der Waals surface area contributed by atoms with Crippen molar-refractivity contribution in [3.63, 3.8) is 0 Å². The van der Waals surface area contributed by atoms with Crippen LogP contribution in [0.25, 0.3) is 0 Å². The number of carbonyl (C=O) groups excluding carboxylic acids is 1. The largest absolute Gasteiger partial charge is 0.394 e. The molecule has 1 amide bonds. The van der Waals surface area contributed by atoms with Crippen LogP contribution in [0.4, 0.5) is 0 Å². The summed E-state index contributed by atoms with van der Waals surface area (Å²) in [5, 5.41) is 20.9. The molecule has 0 aliphatic rings. The molecule has 0 unspecified atom stereocenters. The molecule has 0 aliphatic carbocycles. The number of carbonyl (C=O) groups is 1. The minimum atomic E-state index is -0.892. The topological polar surface area (TPSA) is 69.6 Å². The van der Waals surface area contributed by atoms with Crippen LogP contribution in [0.15, 0.2) is 0 Å². The van der Waals surface area contributed by atoms with Crippen LogP contribution in [0.5, 0.6) is 0 Å². The van der Waals surface area contributed by atoms with Crippen LogP contribution >= 0.6 is 0 Å². The molecule has 0 bridgehead atoms. The van der Waals surface area contributed by atoms with Crippen molar-refractivity contribution in [2.24, 2.45) is 0 Å². The molecular weight excluding hydrogens is 254 g/mol. The molecule has 0 heterocycles. The molecule has 0 fully saturated rings. The maximum Gasteiger partial charge on any atom is 0.220 e. The lowest BCUT2D eigenvalue weighted by molar-refractivity contribution is -0.124. The summed E-state index contributed by atoms with van der Waals surface area (Å²) in [6.07, 6.45) is 11.5. The van der Waals surface area contributed by atoms with Crippen molar-refractivity contribution in [2.75, 3.05) is 13.2 Å². The number of unbranched alkanes of at least 4 members (excludes halogenated alkanes) is 8. The maximum absolute atomic E-state index is 11.7. The van der Waals surface area contributed by atoms with Crippen molar-refractivity contribution in [1.29, 1.82) is 0 Å². The van der Waals surface area contributed by atoms with Gasteiger partial charge in [-0.1, -0.05) is 58.3 Å². The van der Waals surface area contributed by atoms with E-state index in [0.717, 1.165) is 12.8 Å². The maximum atomic E-state index is 11.7. The molecule has 3 N–H and O–H groups in total. The summed E-state index contributed by atoms with van der Waals surface area (Å²) in [6.45, 7) is 3.38. The zero-order valence-corrected chi connectivity index (χ0v) is 13.3. The summed E-state index contributed by atoms with van der Waals surface area (Å²) in [5.41, 5.74) is -0.892. The van der Waals surface area contributed by atoms with E-state index in [1.165, 1.54) is 44.9 Å². The fourth-order valence-corrected chi connectivity index (χ4v) is 2.12. The van der Waals surface area contributed by atoms with E-state index in [4.69, 9.17) is 10.2 Å². The highest BCUT2D eigenvalue weighted by Gasteiger charge is 2.23. The highest BCUT2D eigenvalue weighted by molar-refractivity contribution is 5.76. The number of rotatable bonds is 13. The Morgan fingerprint density at radius 3 is 1.80 bits per heavy atom. The molecule has 0 saturated carbocycles. The number of aliphatic hydroxyl groups excluding tert-OH is 2. The Morgan fingerprint density at radius 1 is 0.900 bits per heavy atom. The molecular formula is C16H33NO3. The molecule has 0 aromatic rings. The molecule has 120 valence electrons. The van der Waals surface area contributed by atoms with Crippen LogP contribution < -0.4 is 5.32 Å². The molecule has 0 aromatic carbocycles. The first-order valence-electron chi connectivity index (χ1n) is 8.10. The molecule has 0 rings (SSSR count). The van der Waals surface area contributed by atoms with Gasteiger partial charge in [0.05, 0.1) is 18.8 Å². The Kier molecular flexibility index (Phi) is 11.8. The fraction of sp³-hybridized carbons (Fsp3) is 0.938. The van der Waals surface area contributed by atoms with E-state index in [2.05, 4.69) is 12.2 Å². The Morgan fingerprint density at radius 2 is 1.35 bits per heavy atom. The number of hydrogen-bond acceptors (Lipinski definition) is 3. The predicted molar refractivity (Wildman–Crippen MR) is 82.6 cm³/mol. The van der Waals surface area contributed by atoms with Crippen molar-refractivity contribution in [2.45, 2.75) is 83.6 Å². The third-order valence-corrected chi connectivity index (χ3v) is 3.65. The molecule has 0 aromatic heterocycles. The number of aliphatic hydroxyl groups is 2. The van der Waals surface area contributed by atoms with E-state index >= 15 is 0 Å². The van der Waals surface area contributed by atoms with Gasteiger partial charge >= 0.3 is 0 Å². The molecule has 20 heavy (non-hydrogen) atoms. The van der Waals surface area contributed by atoms with E-state index in [-0.39, 0.29) is 19.1 Å². The molecule has 0 saturated heterocycles. The summed E-state index contributed by atoms with van der Waals surface area (Å²) >= 11 is 0. The lowest BCUT2D eigenvalue weighted by Crippen LogP contribution is -2.51. The summed E-state index contributed by atoms with van der Waals surface area (Å²) in [5.74, 6) is -0.0847. The molecule has 0 atom stereocenters. The lowest BCUT2D eigenvalue weighted by Gasteiger charge is -2.26. The monoisotopic (exact) mass is 287 g/mol. The van der Waals surface area contributed by atoms with Crippen LogP contribution in [0.3, 0.4) is 0 Å². The van der Waals surface area contributed by atoms with Crippen molar-refractivity contribution in [1.82, 2.24) is 5.32 Å². The first kappa shape index (κ1) is 19.4. The van der Waals surface area contributed by atoms with Crippen LogP contribution in [0.2, 0.25) is 0 Å². The highest BCUT2D eigenvalue weighted by atomic mass is 16.3. The van der Waals surface area contributed by atoms with Gasteiger partial charge in [-0.25, -0.2) is 0 Å². The Balaban J connectivity index is 3.44. The van der Waals surface area contributed by atoms with Gasteiger partial charge in [0.25, 0.3) is 0 Å². The average molecular weight is 287 g/mol. The summed E-state index contributed by atoms with van der Waals surface area (Å²) in [4.78, 5) is 11.7. The van der Waals surface area contributed by atoms with Crippen molar-refractivity contribution in [3.05, 3.63) is 0 Å². The van der Waals surface area contributed by atoms with Gasteiger partial charge < -0.3 is 15.5 Å². The second-order valence-electron chi connectivity index (χ2n) is 6.00.